The van der Waals surface area contributed by atoms with E-state index in [2.05, 4.69) is 21.7 Å². The topological polar surface area (TPSA) is 77.8 Å². The average molecular weight is 312 g/mol. The summed E-state index contributed by atoms with van der Waals surface area (Å²) < 4.78 is 0. The first kappa shape index (κ1) is 14.7. The number of carbonyl (C=O) groups is 1. The molecule has 6 heteroatoms. The summed E-state index contributed by atoms with van der Waals surface area (Å²) in [5.41, 5.74) is 2.81. The first-order valence-corrected chi connectivity index (χ1v) is 8.03. The second kappa shape index (κ2) is 6.69. The van der Waals surface area contributed by atoms with E-state index in [1.807, 2.05) is 12.1 Å². The van der Waals surface area contributed by atoms with Gasteiger partial charge in [0.2, 0.25) is 5.91 Å². The number of carbonyl (C=O) groups excluding carboxylic acids is 1. The van der Waals surface area contributed by atoms with Crippen molar-refractivity contribution in [2.45, 2.75) is 25.8 Å². The molecule has 1 aliphatic rings. The Balaban J connectivity index is 1.67. The van der Waals surface area contributed by atoms with E-state index in [4.69, 9.17) is 0 Å². The fraction of sp³-hybridized carbons (Fsp3) is 0.312. The van der Waals surface area contributed by atoms with Crippen LogP contribution in [0.25, 0.3) is 0 Å². The molecule has 2 N–H and O–H groups in total. The Kier molecular flexibility index (Phi) is 4.47. The number of nitrogens with one attached hydrogen (secondary N) is 2. The minimum atomic E-state index is -0.0557. The lowest BCUT2D eigenvalue weighted by molar-refractivity contribution is -0.116. The van der Waals surface area contributed by atoms with Crippen molar-refractivity contribution in [3.8, 4) is 6.07 Å². The van der Waals surface area contributed by atoms with Gasteiger partial charge in [-0.05, 0) is 42.6 Å². The van der Waals surface area contributed by atoms with Gasteiger partial charge in [-0.1, -0.05) is 0 Å². The molecule has 0 unspecified atom stereocenters. The van der Waals surface area contributed by atoms with Crippen LogP contribution in [0.2, 0.25) is 0 Å². The van der Waals surface area contributed by atoms with E-state index in [1.54, 1.807) is 12.4 Å². The number of anilines is 1. The molecule has 0 fully saturated rings. The molecule has 0 spiro atoms. The van der Waals surface area contributed by atoms with Gasteiger partial charge >= 0.3 is 0 Å². The monoisotopic (exact) mass is 312 g/mol. The van der Waals surface area contributed by atoms with Gasteiger partial charge in [-0.25, -0.2) is 0 Å². The van der Waals surface area contributed by atoms with Crippen molar-refractivity contribution in [1.82, 2.24) is 10.3 Å². The second-order valence-corrected chi connectivity index (χ2v) is 6.26. The van der Waals surface area contributed by atoms with Crippen LogP contribution >= 0.6 is 11.3 Å². The molecule has 0 aromatic carbocycles. The Morgan fingerprint density at radius 2 is 2.27 bits per heavy atom. The number of nitriles is 1. The van der Waals surface area contributed by atoms with Gasteiger partial charge in [0.1, 0.15) is 11.1 Å². The minimum Gasteiger partial charge on any atom is -0.317 e. The zero-order valence-corrected chi connectivity index (χ0v) is 12.9. The molecule has 1 aliphatic heterocycles. The van der Waals surface area contributed by atoms with E-state index in [0.717, 1.165) is 35.5 Å². The molecule has 0 aliphatic carbocycles. The largest absolute Gasteiger partial charge is 0.317 e. The summed E-state index contributed by atoms with van der Waals surface area (Å²) in [5.74, 6) is -0.0557. The van der Waals surface area contributed by atoms with Crippen LogP contribution in [0.15, 0.2) is 24.5 Å². The first-order chi connectivity index (χ1) is 10.8. The summed E-state index contributed by atoms with van der Waals surface area (Å²) in [7, 11) is 0. The number of aryl methyl sites for hydroxylation is 1. The number of thiophene rings is 1. The fourth-order valence-electron chi connectivity index (χ4n) is 2.54. The Labute approximate surface area is 133 Å². The molecule has 2 aromatic heterocycles. The number of rotatable bonds is 4. The van der Waals surface area contributed by atoms with Crippen LogP contribution in [0.3, 0.4) is 0 Å². The summed E-state index contributed by atoms with van der Waals surface area (Å²) in [6, 6.07) is 6.06. The molecule has 1 amide bonds. The zero-order chi connectivity index (χ0) is 15.4. The molecule has 0 atom stereocenters. The van der Waals surface area contributed by atoms with Crippen LogP contribution in [0.4, 0.5) is 5.00 Å². The van der Waals surface area contributed by atoms with Crippen LogP contribution in [0.1, 0.15) is 28.0 Å². The molecule has 22 heavy (non-hydrogen) atoms. The molecule has 0 saturated carbocycles. The number of nitrogens with zero attached hydrogens (tertiary/aromatic N) is 2. The fourth-order valence-corrected chi connectivity index (χ4v) is 3.72. The van der Waals surface area contributed by atoms with E-state index in [0.29, 0.717) is 23.4 Å². The summed E-state index contributed by atoms with van der Waals surface area (Å²) >= 11 is 1.51. The Hall–Kier alpha value is -2.23. The molecule has 112 valence electrons. The van der Waals surface area contributed by atoms with Crippen LogP contribution in [0.5, 0.6) is 0 Å². The quantitative estimate of drug-likeness (QED) is 0.907. The van der Waals surface area contributed by atoms with E-state index in [1.165, 1.54) is 11.3 Å². The number of amides is 1. The molecular weight excluding hydrogens is 296 g/mol. The minimum absolute atomic E-state index is 0.0557. The highest BCUT2D eigenvalue weighted by Crippen LogP contribution is 2.34. The summed E-state index contributed by atoms with van der Waals surface area (Å²) in [5, 5.41) is 16.2. The number of hydrogen-bond acceptors (Lipinski definition) is 5. The van der Waals surface area contributed by atoms with Crippen LogP contribution in [0, 0.1) is 11.3 Å². The SMILES string of the molecule is N#Cc1c(NC(=O)CCc2ccncc2)sc2c1CCNC2. The van der Waals surface area contributed by atoms with E-state index < -0.39 is 0 Å². The first-order valence-electron chi connectivity index (χ1n) is 7.22. The second-order valence-electron chi connectivity index (χ2n) is 5.15. The van der Waals surface area contributed by atoms with Crippen molar-refractivity contribution < 1.29 is 4.79 Å². The molecule has 0 saturated heterocycles. The Morgan fingerprint density at radius 3 is 3.05 bits per heavy atom. The molecule has 2 aromatic rings. The predicted octanol–water partition coefficient (Wildman–Crippen LogP) is 2.23. The summed E-state index contributed by atoms with van der Waals surface area (Å²) in [6.45, 7) is 1.66. The van der Waals surface area contributed by atoms with Crippen molar-refractivity contribution in [1.29, 1.82) is 5.26 Å². The van der Waals surface area contributed by atoms with Gasteiger partial charge in [0.25, 0.3) is 0 Å². The van der Waals surface area contributed by atoms with Crippen LogP contribution in [-0.2, 0) is 24.2 Å². The van der Waals surface area contributed by atoms with Crippen LogP contribution in [-0.4, -0.2) is 17.4 Å². The van der Waals surface area contributed by atoms with Crippen molar-refractivity contribution in [3.63, 3.8) is 0 Å². The van der Waals surface area contributed by atoms with Crippen molar-refractivity contribution in [2.24, 2.45) is 0 Å². The van der Waals surface area contributed by atoms with Gasteiger partial charge in [-0.3, -0.25) is 9.78 Å². The summed E-state index contributed by atoms with van der Waals surface area (Å²) in [4.78, 5) is 17.2. The maximum absolute atomic E-state index is 12.1. The highest BCUT2D eigenvalue weighted by Gasteiger charge is 2.21. The standard InChI is InChI=1S/C16H16N4OS/c17-9-13-12-5-8-19-10-14(12)22-16(13)20-15(21)2-1-11-3-6-18-7-4-11/h3-4,6-7,19H,1-2,5,8,10H2,(H,20,21). The number of aromatic nitrogens is 1. The maximum atomic E-state index is 12.1. The third-order valence-corrected chi connectivity index (χ3v) is 4.83. The van der Waals surface area contributed by atoms with Gasteiger partial charge in [0, 0.05) is 30.2 Å². The Morgan fingerprint density at radius 1 is 1.45 bits per heavy atom. The normalized spacial score (nSPS) is 13.2. The highest BCUT2D eigenvalue weighted by atomic mass is 32.1. The average Bonchev–Trinajstić information content (AvgIpc) is 2.91. The number of fused-ring (bicyclic) bond motifs is 1. The van der Waals surface area contributed by atoms with Gasteiger partial charge in [-0.2, -0.15) is 5.26 Å². The van der Waals surface area contributed by atoms with Gasteiger partial charge in [0.15, 0.2) is 0 Å². The lowest BCUT2D eigenvalue weighted by atomic mass is 10.0. The third kappa shape index (κ3) is 3.16. The molecule has 0 radical (unpaired) electrons. The van der Waals surface area contributed by atoms with Gasteiger partial charge in [0.05, 0.1) is 5.56 Å². The number of pyridine rings is 1. The molecule has 3 rings (SSSR count). The third-order valence-electron chi connectivity index (χ3n) is 3.68. The van der Waals surface area contributed by atoms with Crippen LogP contribution < -0.4 is 10.6 Å². The molecule has 5 nitrogen and oxygen atoms in total. The zero-order valence-electron chi connectivity index (χ0n) is 12.1. The molecule has 0 bridgehead atoms. The van der Waals surface area contributed by atoms with Gasteiger partial charge < -0.3 is 10.6 Å². The number of hydrogen-bond donors (Lipinski definition) is 2. The maximum Gasteiger partial charge on any atom is 0.225 e. The van der Waals surface area contributed by atoms with E-state index in [-0.39, 0.29) is 5.91 Å². The lowest BCUT2D eigenvalue weighted by Gasteiger charge is -2.11. The molecule has 3 heterocycles. The highest BCUT2D eigenvalue weighted by molar-refractivity contribution is 7.16. The Bertz CT molecular complexity index is 718. The lowest BCUT2D eigenvalue weighted by Crippen LogP contribution is -2.22. The summed E-state index contributed by atoms with van der Waals surface area (Å²) in [6.07, 6.45) is 5.36. The van der Waals surface area contributed by atoms with Gasteiger partial charge in [-0.15, -0.1) is 11.3 Å². The van der Waals surface area contributed by atoms with Crippen molar-refractivity contribution in [2.75, 3.05) is 11.9 Å². The van der Waals surface area contributed by atoms with E-state index >= 15 is 0 Å². The van der Waals surface area contributed by atoms with E-state index in [9.17, 15) is 10.1 Å². The smallest absolute Gasteiger partial charge is 0.225 e. The molecular formula is C16H16N4OS. The van der Waals surface area contributed by atoms with Crippen molar-refractivity contribution in [3.05, 3.63) is 46.1 Å². The predicted molar refractivity (Wildman–Crippen MR) is 85.6 cm³/mol. The van der Waals surface area contributed by atoms with Crippen molar-refractivity contribution >= 4 is 22.2 Å².